The number of carbonyl (C=O) groups excluding carboxylic acids is 1. The third-order valence-corrected chi connectivity index (χ3v) is 2.97. The van der Waals surface area contributed by atoms with Gasteiger partial charge in [0.2, 0.25) is 5.91 Å². The molecule has 1 aromatic rings. The summed E-state index contributed by atoms with van der Waals surface area (Å²) in [6.45, 7) is 4.00. The highest BCUT2D eigenvalue weighted by molar-refractivity contribution is 6.31. The largest absolute Gasteiger partial charge is 0.344 e. The Morgan fingerprint density at radius 3 is 2.72 bits per heavy atom. The summed E-state index contributed by atoms with van der Waals surface area (Å²) < 4.78 is 0. The van der Waals surface area contributed by atoms with E-state index in [0.717, 1.165) is 5.56 Å². The van der Waals surface area contributed by atoms with Crippen LogP contribution in [0.3, 0.4) is 0 Å². The number of carbonyl (C=O) groups is 1. The van der Waals surface area contributed by atoms with Crippen LogP contribution in [-0.2, 0) is 4.79 Å². The van der Waals surface area contributed by atoms with Crippen LogP contribution in [0, 0.1) is 12.3 Å². The van der Waals surface area contributed by atoms with Gasteiger partial charge in [0.1, 0.15) is 0 Å². The Balaban J connectivity index is 2.60. The van der Waals surface area contributed by atoms with E-state index in [4.69, 9.17) is 18.0 Å². The lowest BCUT2D eigenvalue weighted by Crippen LogP contribution is -2.43. The molecule has 0 saturated heterocycles. The first-order valence-corrected chi connectivity index (χ1v) is 6.15. The van der Waals surface area contributed by atoms with E-state index in [0.29, 0.717) is 5.02 Å². The molecule has 96 valence electrons. The molecule has 18 heavy (non-hydrogen) atoms. The van der Waals surface area contributed by atoms with Gasteiger partial charge in [0.05, 0.1) is 12.6 Å². The van der Waals surface area contributed by atoms with Crippen LogP contribution >= 0.6 is 11.6 Å². The minimum atomic E-state index is -0.329. The fourth-order valence-electron chi connectivity index (χ4n) is 1.66. The summed E-state index contributed by atoms with van der Waals surface area (Å²) in [6, 6.07) is 7.23. The molecule has 0 bridgehead atoms. The third kappa shape index (κ3) is 4.06. The normalized spacial score (nSPS) is 13.4. The van der Waals surface area contributed by atoms with Gasteiger partial charge < -0.3 is 5.32 Å². The Kier molecular flexibility index (Phi) is 5.70. The van der Waals surface area contributed by atoms with Crippen molar-refractivity contribution in [3.05, 3.63) is 34.9 Å². The molecule has 2 N–H and O–H groups in total. The first-order valence-electron chi connectivity index (χ1n) is 5.78. The zero-order valence-corrected chi connectivity index (χ0v) is 11.3. The van der Waals surface area contributed by atoms with Crippen LogP contribution < -0.4 is 10.6 Å². The summed E-state index contributed by atoms with van der Waals surface area (Å²) >= 11 is 6.10. The molecule has 4 heteroatoms. The number of rotatable bonds is 5. The summed E-state index contributed by atoms with van der Waals surface area (Å²) in [7, 11) is 0. The van der Waals surface area contributed by atoms with Crippen molar-refractivity contribution in [2.45, 2.75) is 25.9 Å². The van der Waals surface area contributed by atoms with Crippen molar-refractivity contribution in [3.63, 3.8) is 0 Å². The van der Waals surface area contributed by atoms with E-state index in [-0.39, 0.29) is 24.5 Å². The Hall–Kier alpha value is -1.50. The number of benzene rings is 1. The third-order valence-electron chi connectivity index (χ3n) is 2.63. The number of hydrogen-bond acceptors (Lipinski definition) is 2. The van der Waals surface area contributed by atoms with E-state index < -0.39 is 0 Å². The fourth-order valence-corrected chi connectivity index (χ4v) is 1.96. The standard InChI is InChI=1S/C14H17ClN2O/c1-4-9-16-14(18)11(3)17-10(2)12-7-5-6-8-13(12)15/h1,5-8,10-11,17H,9H2,2-3H3,(H,16,18)/t10-,11?/m0/s1. The number of halogens is 1. The molecule has 0 saturated carbocycles. The molecule has 0 aromatic heterocycles. The predicted molar refractivity (Wildman–Crippen MR) is 74.3 cm³/mol. The van der Waals surface area contributed by atoms with Crippen molar-refractivity contribution in [2.75, 3.05) is 6.54 Å². The second-order valence-corrected chi connectivity index (χ2v) is 4.46. The van der Waals surface area contributed by atoms with Crippen LogP contribution in [0.1, 0.15) is 25.5 Å². The van der Waals surface area contributed by atoms with Crippen molar-refractivity contribution in [3.8, 4) is 12.3 Å². The highest BCUT2D eigenvalue weighted by atomic mass is 35.5. The average molecular weight is 265 g/mol. The minimum Gasteiger partial charge on any atom is -0.344 e. The zero-order chi connectivity index (χ0) is 13.5. The zero-order valence-electron chi connectivity index (χ0n) is 10.5. The van der Waals surface area contributed by atoms with Gasteiger partial charge in [-0.3, -0.25) is 10.1 Å². The Morgan fingerprint density at radius 2 is 2.11 bits per heavy atom. The molecular formula is C14H17ClN2O. The highest BCUT2D eigenvalue weighted by Crippen LogP contribution is 2.22. The number of amides is 1. The lowest BCUT2D eigenvalue weighted by molar-refractivity contribution is -0.122. The molecular weight excluding hydrogens is 248 g/mol. The maximum atomic E-state index is 11.7. The van der Waals surface area contributed by atoms with Gasteiger partial charge in [-0.2, -0.15) is 0 Å². The molecule has 0 aliphatic rings. The van der Waals surface area contributed by atoms with E-state index in [1.54, 1.807) is 6.92 Å². The van der Waals surface area contributed by atoms with Crippen LogP contribution in [0.2, 0.25) is 5.02 Å². The molecule has 0 heterocycles. The van der Waals surface area contributed by atoms with Crippen LogP contribution in [0.4, 0.5) is 0 Å². The quantitative estimate of drug-likeness (QED) is 0.800. The molecule has 1 aromatic carbocycles. The van der Waals surface area contributed by atoms with Crippen molar-refractivity contribution in [2.24, 2.45) is 0 Å². The van der Waals surface area contributed by atoms with Crippen LogP contribution in [0.15, 0.2) is 24.3 Å². The van der Waals surface area contributed by atoms with Gasteiger partial charge in [-0.1, -0.05) is 35.7 Å². The van der Waals surface area contributed by atoms with Crippen LogP contribution in [0.25, 0.3) is 0 Å². The van der Waals surface area contributed by atoms with E-state index >= 15 is 0 Å². The Labute approximate surface area is 113 Å². The molecule has 3 nitrogen and oxygen atoms in total. The van der Waals surface area contributed by atoms with Crippen molar-refractivity contribution < 1.29 is 4.79 Å². The van der Waals surface area contributed by atoms with Gasteiger partial charge in [-0.05, 0) is 25.5 Å². The summed E-state index contributed by atoms with van der Waals surface area (Å²) in [6.07, 6.45) is 5.09. The molecule has 1 amide bonds. The van der Waals surface area contributed by atoms with Crippen LogP contribution in [0.5, 0.6) is 0 Å². The van der Waals surface area contributed by atoms with Gasteiger partial charge in [0.15, 0.2) is 0 Å². The van der Waals surface area contributed by atoms with Gasteiger partial charge >= 0.3 is 0 Å². The molecule has 0 fully saturated rings. The lowest BCUT2D eigenvalue weighted by atomic mass is 10.1. The smallest absolute Gasteiger partial charge is 0.237 e. The predicted octanol–water partition coefficient (Wildman–Crippen LogP) is 2.13. The first kappa shape index (κ1) is 14.6. The second-order valence-electron chi connectivity index (χ2n) is 4.05. The first-order chi connectivity index (χ1) is 8.56. The molecule has 0 radical (unpaired) electrons. The van der Waals surface area contributed by atoms with E-state index in [2.05, 4.69) is 16.6 Å². The maximum absolute atomic E-state index is 11.7. The Bertz CT molecular complexity index is 453. The van der Waals surface area contributed by atoms with Crippen LogP contribution in [-0.4, -0.2) is 18.5 Å². The van der Waals surface area contributed by atoms with Gasteiger partial charge in [-0.15, -0.1) is 6.42 Å². The van der Waals surface area contributed by atoms with E-state index in [9.17, 15) is 4.79 Å². The van der Waals surface area contributed by atoms with Crippen molar-refractivity contribution in [1.82, 2.24) is 10.6 Å². The summed E-state index contributed by atoms with van der Waals surface area (Å²) in [5.74, 6) is 2.25. The molecule has 1 rings (SSSR count). The molecule has 0 aliphatic carbocycles. The topological polar surface area (TPSA) is 41.1 Å². The number of hydrogen-bond donors (Lipinski definition) is 2. The SMILES string of the molecule is C#CCNC(=O)C(C)N[C@@H](C)c1ccccc1Cl. The lowest BCUT2D eigenvalue weighted by Gasteiger charge is -2.20. The van der Waals surface area contributed by atoms with Crippen molar-refractivity contribution >= 4 is 17.5 Å². The van der Waals surface area contributed by atoms with Gasteiger partial charge in [-0.25, -0.2) is 0 Å². The molecule has 0 spiro atoms. The van der Waals surface area contributed by atoms with E-state index in [1.807, 2.05) is 31.2 Å². The van der Waals surface area contributed by atoms with Crippen molar-refractivity contribution in [1.29, 1.82) is 0 Å². The number of nitrogens with one attached hydrogen (secondary N) is 2. The molecule has 1 unspecified atom stereocenters. The average Bonchev–Trinajstić information content (AvgIpc) is 2.36. The Morgan fingerprint density at radius 1 is 1.44 bits per heavy atom. The fraction of sp³-hybridized carbons (Fsp3) is 0.357. The van der Waals surface area contributed by atoms with Gasteiger partial charge in [0, 0.05) is 11.1 Å². The van der Waals surface area contributed by atoms with Gasteiger partial charge in [0.25, 0.3) is 0 Å². The molecule has 0 aliphatic heterocycles. The monoisotopic (exact) mass is 264 g/mol. The summed E-state index contributed by atoms with van der Waals surface area (Å²) in [4.78, 5) is 11.7. The maximum Gasteiger partial charge on any atom is 0.237 e. The number of terminal acetylenes is 1. The molecule has 2 atom stereocenters. The summed E-state index contributed by atoms with van der Waals surface area (Å²) in [5.41, 5.74) is 0.968. The van der Waals surface area contributed by atoms with E-state index in [1.165, 1.54) is 0 Å². The summed E-state index contributed by atoms with van der Waals surface area (Å²) in [5, 5.41) is 6.50. The second kappa shape index (κ2) is 7.05. The highest BCUT2D eigenvalue weighted by Gasteiger charge is 2.16. The minimum absolute atomic E-state index is 0.00899.